The summed E-state index contributed by atoms with van der Waals surface area (Å²) in [6, 6.07) is 1.15. The van der Waals surface area contributed by atoms with Gasteiger partial charge in [0.05, 0.1) is 5.02 Å². The van der Waals surface area contributed by atoms with E-state index < -0.39 is 10.0 Å². The molecule has 118 valence electrons. The maximum absolute atomic E-state index is 12.3. The van der Waals surface area contributed by atoms with Gasteiger partial charge in [0, 0.05) is 18.8 Å². The lowest BCUT2D eigenvalue weighted by Crippen LogP contribution is -2.41. The van der Waals surface area contributed by atoms with E-state index in [-0.39, 0.29) is 21.8 Å². The van der Waals surface area contributed by atoms with E-state index in [4.69, 9.17) is 17.4 Å². The van der Waals surface area contributed by atoms with Crippen molar-refractivity contribution in [3.8, 4) is 0 Å². The topological polar surface area (TPSA) is 100 Å². The molecule has 4 N–H and O–H groups in total. The van der Waals surface area contributed by atoms with Crippen LogP contribution in [0.15, 0.2) is 17.2 Å². The third-order valence-electron chi connectivity index (χ3n) is 3.35. The lowest BCUT2D eigenvalue weighted by atomic mass is 10.3. The van der Waals surface area contributed by atoms with Crippen molar-refractivity contribution in [2.45, 2.75) is 30.7 Å². The Balaban J connectivity index is 2.05. The summed E-state index contributed by atoms with van der Waals surface area (Å²) < 4.78 is 27.2. The van der Waals surface area contributed by atoms with Gasteiger partial charge in [-0.2, -0.15) is 0 Å². The van der Waals surface area contributed by atoms with Crippen LogP contribution in [0.1, 0.15) is 19.8 Å². The maximum atomic E-state index is 12.3. The minimum atomic E-state index is -3.64. The first kappa shape index (κ1) is 16.4. The SMILES string of the molecule is CC(CN1CCCC1)NS(=O)(=O)c1cnc(NN)c(Cl)c1. The van der Waals surface area contributed by atoms with Gasteiger partial charge in [0.1, 0.15) is 4.90 Å². The molecule has 0 amide bonds. The highest BCUT2D eigenvalue weighted by Gasteiger charge is 2.21. The number of hydrogen-bond donors (Lipinski definition) is 3. The fourth-order valence-electron chi connectivity index (χ4n) is 2.40. The van der Waals surface area contributed by atoms with Crippen LogP contribution in [0.25, 0.3) is 0 Å². The summed E-state index contributed by atoms with van der Waals surface area (Å²) in [5, 5.41) is 0.160. The molecular weight excluding hydrogens is 314 g/mol. The van der Waals surface area contributed by atoms with E-state index in [0.29, 0.717) is 6.54 Å². The number of rotatable bonds is 6. The Morgan fingerprint density at radius 1 is 1.48 bits per heavy atom. The molecule has 21 heavy (non-hydrogen) atoms. The van der Waals surface area contributed by atoms with Crippen molar-refractivity contribution in [2.24, 2.45) is 5.84 Å². The van der Waals surface area contributed by atoms with E-state index in [9.17, 15) is 8.42 Å². The molecule has 7 nitrogen and oxygen atoms in total. The minimum Gasteiger partial charge on any atom is -0.307 e. The predicted octanol–water partition coefficient (Wildman–Crippen LogP) is 0.783. The van der Waals surface area contributed by atoms with Gasteiger partial charge in [-0.1, -0.05) is 11.6 Å². The molecule has 0 bridgehead atoms. The molecule has 1 atom stereocenters. The number of nitrogens with one attached hydrogen (secondary N) is 2. The lowest BCUT2D eigenvalue weighted by molar-refractivity contribution is 0.313. The van der Waals surface area contributed by atoms with Crippen molar-refractivity contribution >= 4 is 27.4 Å². The second kappa shape index (κ2) is 6.89. The molecule has 2 rings (SSSR count). The Labute approximate surface area is 129 Å². The molecule has 9 heteroatoms. The normalized spacial score (nSPS) is 17.9. The van der Waals surface area contributed by atoms with Crippen LogP contribution in [0.3, 0.4) is 0 Å². The average molecular weight is 334 g/mol. The van der Waals surface area contributed by atoms with Gasteiger partial charge in [0.2, 0.25) is 10.0 Å². The Morgan fingerprint density at radius 2 is 2.14 bits per heavy atom. The molecule has 0 aliphatic carbocycles. The highest BCUT2D eigenvalue weighted by Crippen LogP contribution is 2.21. The highest BCUT2D eigenvalue weighted by molar-refractivity contribution is 7.89. The molecule has 1 aliphatic rings. The van der Waals surface area contributed by atoms with Gasteiger partial charge in [-0.3, -0.25) is 0 Å². The maximum Gasteiger partial charge on any atom is 0.242 e. The summed E-state index contributed by atoms with van der Waals surface area (Å²) in [6.45, 7) is 4.59. The van der Waals surface area contributed by atoms with Crippen LogP contribution in [0.2, 0.25) is 5.02 Å². The number of pyridine rings is 1. The summed E-state index contributed by atoms with van der Waals surface area (Å²) in [5.74, 6) is 5.45. The van der Waals surface area contributed by atoms with E-state index in [1.807, 2.05) is 6.92 Å². The number of hydrogen-bond acceptors (Lipinski definition) is 6. The Morgan fingerprint density at radius 3 is 2.71 bits per heavy atom. The first-order valence-electron chi connectivity index (χ1n) is 6.79. The molecule has 1 unspecified atom stereocenters. The molecule has 2 heterocycles. The molecule has 1 aromatic heterocycles. The minimum absolute atomic E-state index is 0.0276. The molecule has 0 aromatic carbocycles. The van der Waals surface area contributed by atoms with Crippen molar-refractivity contribution in [3.05, 3.63) is 17.3 Å². The quantitative estimate of drug-likeness (QED) is 0.525. The molecule has 1 aromatic rings. The highest BCUT2D eigenvalue weighted by atomic mass is 35.5. The number of halogens is 1. The van der Waals surface area contributed by atoms with Gasteiger partial charge in [-0.15, -0.1) is 0 Å². The summed E-state index contributed by atoms with van der Waals surface area (Å²) >= 11 is 5.90. The number of nitrogens with two attached hydrogens (primary N) is 1. The van der Waals surface area contributed by atoms with Crippen LogP contribution in [0, 0.1) is 0 Å². The van der Waals surface area contributed by atoms with Crippen LogP contribution in [-0.4, -0.2) is 44.0 Å². The van der Waals surface area contributed by atoms with Crippen LogP contribution < -0.4 is 16.0 Å². The van der Waals surface area contributed by atoms with Gasteiger partial charge in [-0.05, 0) is 38.9 Å². The fourth-order valence-corrected chi connectivity index (χ4v) is 3.89. The number of sulfonamides is 1. The number of hydrazine groups is 1. The summed E-state index contributed by atoms with van der Waals surface area (Å²) in [6.07, 6.45) is 3.57. The zero-order valence-corrected chi connectivity index (χ0v) is 13.4. The first-order chi connectivity index (χ1) is 9.92. The van der Waals surface area contributed by atoms with Crippen LogP contribution in [0.4, 0.5) is 5.82 Å². The van der Waals surface area contributed by atoms with Crippen molar-refractivity contribution in [3.63, 3.8) is 0 Å². The van der Waals surface area contributed by atoms with Crippen molar-refractivity contribution in [1.29, 1.82) is 0 Å². The molecule has 1 aliphatic heterocycles. The lowest BCUT2D eigenvalue weighted by Gasteiger charge is -2.21. The molecule has 0 radical (unpaired) electrons. The second-order valence-corrected chi connectivity index (χ2v) is 7.30. The largest absolute Gasteiger partial charge is 0.307 e. The first-order valence-corrected chi connectivity index (χ1v) is 8.65. The standard InChI is InChI=1S/C12H20ClN5O2S/c1-9(8-18-4-2-3-5-18)17-21(19,20)10-6-11(13)12(16-14)15-7-10/h6-7,9,17H,2-5,8,14H2,1H3,(H,15,16). The van der Waals surface area contributed by atoms with Crippen LogP contribution >= 0.6 is 11.6 Å². The number of nitrogen functional groups attached to an aromatic ring is 1. The number of nitrogens with zero attached hydrogens (tertiary/aromatic N) is 2. The zero-order valence-electron chi connectivity index (χ0n) is 11.8. The Kier molecular flexibility index (Phi) is 5.39. The third kappa shape index (κ3) is 4.27. The molecule has 1 fully saturated rings. The second-order valence-electron chi connectivity index (χ2n) is 5.18. The zero-order chi connectivity index (χ0) is 15.5. The van der Waals surface area contributed by atoms with Crippen molar-refractivity contribution in [1.82, 2.24) is 14.6 Å². The molecule has 0 saturated carbocycles. The Bertz CT molecular complexity index is 589. The van der Waals surface area contributed by atoms with Crippen molar-refractivity contribution in [2.75, 3.05) is 25.1 Å². The van der Waals surface area contributed by atoms with E-state index >= 15 is 0 Å². The molecule has 0 spiro atoms. The smallest absolute Gasteiger partial charge is 0.242 e. The molecule has 1 saturated heterocycles. The van der Waals surface area contributed by atoms with Crippen LogP contribution in [-0.2, 0) is 10.0 Å². The molecular formula is C12H20ClN5O2S. The van der Waals surface area contributed by atoms with E-state index in [1.165, 1.54) is 25.1 Å². The van der Waals surface area contributed by atoms with E-state index in [1.54, 1.807) is 0 Å². The summed E-state index contributed by atoms with van der Waals surface area (Å²) in [4.78, 5) is 6.15. The average Bonchev–Trinajstić information content (AvgIpc) is 2.90. The Hall–Kier alpha value is -0.930. The van der Waals surface area contributed by atoms with Gasteiger partial charge in [0.15, 0.2) is 5.82 Å². The van der Waals surface area contributed by atoms with E-state index in [0.717, 1.165) is 13.1 Å². The van der Waals surface area contributed by atoms with Gasteiger partial charge >= 0.3 is 0 Å². The number of aromatic nitrogens is 1. The predicted molar refractivity (Wildman–Crippen MR) is 82.5 cm³/mol. The van der Waals surface area contributed by atoms with Crippen LogP contribution in [0.5, 0.6) is 0 Å². The monoisotopic (exact) mass is 333 g/mol. The third-order valence-corrected chi connectivity index (χ3v) is 5.19. The van der Waals surface area contributed by atoms with Gasteiger partial charge < -0.3 is 10.3 Å². The van der Waals surface area contributed by atoms with Gasteiger partial charge in [-0.25, -0.2) is 24.0 Å². The van der Waals surface area contributed by atoms with Crippen molar-refractivity contribution < 1.29 is 8.42 Å². The van der Waals surface area contributed by atoms with E-state index in [2.05, 4.69) is 20.0 Å². The number of likely N-dealkylation sites (tertiary alicyclic amines) is 1. The summed E-state index contributed by atoms with van der Waals surface area (Å²) in [5.41, 5.74) is 2.30. The fraction of sp³-hybridized carbons (Fsp3) is 0.583. The number of anilines is 1. The summed E-state index contributed by atoms with van der Waals surface area (Å²) in [7, 11) is -3.64. The van der Waals surface area contributed by atoms with Gasteiger partial charge in [0.25, 0.3) is 0 Å².